The van der Waals surface area contributed by atoms with Gasteiger partial charge in [-0.05, 0) is 47.9 Å². The van der Waals surface area contributed by atoms with E-state index >= 15 is 0 Å². The van der Waals surface area contributed by atoms with E-state index in [0.29, 0.717) is 28.5 Å². The van der Waals surface area contributed by atoms with Gasteiger partial charge in [0.15, 0.2) is 10.6 Å². The molecule has 0 aliphatic heterocycles. The van der Waals surface area contributed by atoms with E-state index in [2.05, 4.69) is 32.7 Å². The summed E-state index contributed by atoms with van der Waals surface area (Å²) in [5, 5.41) is 17.0. The molecule has 0 fully saturated rings. The van der Waals surface area contributed by atoms with Crippen molar-refractivity contribution >= 4 is 46.9 Å². The lowest BCUT2D eigenvalue weighted by atomic mass is 10.2. The zero-order valence-electron chi connectivity index (χ0n) is 14.8. The number of urea groups is 1. The molecule has 2 heterocycles. The molecule has 3 amide bonds. The number of aromatic amines is 1. The van der Waals surface area contributed by atoms with Gasteiger partial charge in [0.2, 0.25) is 5.91 Å². The number of benzene rings is 1. The molecule has 0 aliphatic rings. The van der Waals surface area contributed by atoms with Crippen LogP contribution in [-0.4, -0.2) is 33.2 Å². The molecule has 0 aliphatic carbocycles. The van der Waals surface area contributed by atoms with Crippen LogP contribution in [-0.2, 0) is 11.3 Å². The SMILES string of the molecule is C=CCNC(=O)Nc1ccc(NC(=O)Cn2c(-c3cccs3)n[nH]c2=S)cc1. The van der Waals surface area contributed by atoms with E-state index in [0.717, 1.165) is 4.88 Å². The van der Waals surface area contributed by atoms with Crippen LogP contribution in [0.25, 0.3) is 10.7 Å². The van der Waals surface area contributed by atoms with Gasteiger partial charge in [-0.1, -0.05) is 12.1 Å². The van der Waals surface area contributed by atoms with Crippen molar-refractivity contribution in [2.24, 2.45) is 0 Å². The summed E-state index contributed by atoms with van der Waals surface area (Å²) < 4.78 is 2.03. The lowest BCUT2D eigenvalue weighted by molar-refractivity contribution is -0.116. The van der Waals surface area contributed by atoms with Crippen molar-refractivity contribution < 1.29 is 9.59 Å². The van der Waals surface area contributed by atoms with Gasteiger partial charge in [-0.2, -0.15) is 5.10 Å². The molecule has 0 atom stereocenters. The van der Waals surface area contributed by atoms with Crippen LogP contribution in [0.15, 0.2) is 54.4 Å². The minimum Gasteiger partial charge on any atom is -0.334 e. The molecule has 3 rings (SSSR count). The summed E-state index contributed by atoms with van der Waals surface area (Å²) in [7, 11) is 0. The van der Waals surface area contributed by atoms with Crippen LogP contribution >= 0.6 is 23.6 Å². The molecule has 0 saturated heterocycles. The van der Waals surface area contributed by atoms with Gasteiger partial charge in [-0.15, -0.1) is 17.9 Å². The molecular formula is C18H18N6O2S2. The monoisotopic (exact) mass is 414 g/mol. The van der Waals surface area contributed by atoms with Crippen molar-refractivity contribution in [3.8, 4) is 10.7 Å². The number of rotatable bonds is 7. The Morgan fingerprint density at radius 2 is 1.93 bits per heavy atom. The maximum Gasteiger partial charge on any atom is 0.319 e. The van der Waals surface area contributed by atoms with Crippen molar-refractivity contribution in [1.82, 2.24) is 20.1 Å². The summed E-state index contributed by atoms with van der Waals surface area (Å²) in [5.41, 5.74) is 1.21. The number of aromatic nitrogens is 3. The molecule has 4 N–H and O–H groups in total. The predicted octanol–water partition coefficient (Wildman–Crippen LogP) is 3.62. The summed E-state index contributed by atoms with van der Waals surface area (Å²) in [6, 6.07) is 10.3. The molecule has 28 heavy (non-hydrogen) atoms. The summed E-state index contributed by atoms with van der Waals surface area (Å²) in [5.74, 6) is 0.389. The van der Waals surface area contributed by atoms with Crippen molar-refractivity contribution in [3.05, 3.63) is 59.2 Å². The molecule has 8 nitrogen and oxygen atoms in total. The molecule has 0 radical (unpaired) electrons. The average molecular weight is 415 g/mol. The molecule has 2 aromatic heterocycles. The number of H-pyrrole nitrogens is 1. The van der Waals surface area contributed by atoms with E-state index < -0.39 is 0 Å². The second kappa shape index (κ2) is 9.11. The average Bonchev–Trinajstić information content (AvgIpc) is 3.32. The van der Waals surface area contributed by atoms with Crippen LogP contribution in [0, 0.1) is 4.77 Å². The zero-order valence-corrected chi connectivity index (χ0v) is 16.4. The number of carbonyl (C=O) groups excluding carboxylic acids is 2. The maximum atomic E-state index is 12.4. The lowest BCUT2D eigenvalue weighted by Gasteiger charge is -2.09. The maximum absolute atomic E-state index is 12.4. The first-order chi connectivity index (χ1) is 13.6. The molecule has 3 aromatic rings. The molecule has 0 unspecified atom stereocenters. The highest BCUT2D eigenvalue weighted by Gasteiger charge is 2.13. The number of thiophene rings is 1. The van der Waals surface area contributed by atoms with E-state index in [1.807, 2.05) is 17.5 Å². The fourth-order valence-corrected chi connectivity index (χ4v) is 3.30. The van der Waals surface area contributed by atoms with Gasteiger partial charge in [-0.25, -0.2) is 4.79 Å². The van der Waals surface area contributed by atoms with E-state index in [9.17, 15) is 9.59 Å². The van der Waals surface area contributed by atoms with E-state index in [1.54, 1.807) is 34.9 Å². The molecule has 144 valence electrons. The van der Waals surface area contributed by atoms with Gasteiger partial charge in [0.25, 0.3) is 0 Å². The fourth-order valence-electron chi connectivity index (χ4n) is 2.38. The fraction of sp³-hybridized carbons (Fsp3) is 0.111. The van der Waals surface area contributed by atoms with Crippen LogP contribution in [0.1, 0.15) is 0 Å². The third-order valence-electron chi connectivity index (χ3n) is 3.64. The number of nitrogens with zero attached hydrogens (tertiary/aromatic N) is 2. The summed E-state index contributed by atoms with van der Waals surface area (Å²) in [4.78, 5) is 25.0. The number of nitrogens with one attached hydrogen (secondary N) is 4. The first-order valence-corrected chi connectivity index (χ1v) is 9.60. The van der Waals surface area contributed by atoms with Gasteiger partial charge in [0.1, 0.15) is 6.54 Å². The van der Waals surface area contributed by atoms with Crippen LogP contribution < -0.4 is 16.0 Å². The van der Waals surface area contributed by atoms with Gasteiger partial charge in [0, 0.05) is 17.9 Å². The highest BCUT2D eigenvalue weighted by molar-refractivity contribution is 7.71. The van der Waals surface area contributed by atoms with Crippen LogP contribution in [0.2, 0.25) is 0 Å². The van der Waals surface area contributed by atoms with E-state index in [4.69, 9.17) is 12.2 Å². The topological polar surface area (TPSA) is 104 Å². The number of amides is 3. The minimum absolute atomic E-state index is 0.0343. The Morgan fingerprint density at radius 1 is 1.21 bits per heavy atom. The first kappa shape index (κ1) is 19.5. The van der Waals surface area contributed by atoms with Gasteiger partial charge >= 0.3 is 6.03 Å². The highest BCUT2D eigenvalue weighted by Crippen LogP contribution is 2.22. The van der Waals surface area contributed by atoms with Gasteiger partial charge in [-0.3, -0.25) is 14.5 Å². The largest absolute Gasteiger partial charge is 0.334 e. The number of anilines is 2. The van der Waals surface area contributed by atoms with Crippen molar-refractivity contribution in [2.45, 2.75) is 6.54 Å². The Hall–Kier alpha value is -3.24. The lowest BCUT2D eigenvalue weighted by Crippen LogP contribution is -2.28. The van der Waals surface area contributed by atoms with E-state index in [-0.39, 0.29) is 18.5 Å². The van der Waals surface area contributed by atoms with Crippen LogP contribution in [0.3, 0.4) is 0 Å². The summed E-state index contributed by atoms with van der Waals surface area (Å²) >= 11 is 6.75. The smallest absolute Gasteiger partial charge is 0.319 e. The Bertz CT molecular complexity index is 1020. The zero-order chi connectivity index (χ0) is 19.9. The Morgan fingerprint density at radius 3 is 2.57 bits per heavy atom. The summed E-state index contributed by atoms with van der Waals surface area (Å²) in [6.07, 6.45) is 1.59. The van der Waals surface area contributed by atoms with Crippen LogP contribution in [0.4, 0.5) is 16.2 Å². The number of hydrogen-bond acceptors (Lipinski definition) is 5. The number of hydrogen-bond donors (Lipinski definition) is 4. The second-order valence-electron chi connectivity index (χ2n) is 5.67. The van der Waals surface area contributed by atoms with Crippen LogP contribution in [0.5, 0.6) is 0 Å². The van der Waals surface area contributed by atoms with Gasteiger partial charge in [0.05, 0.1) is 4.88 Å². The minimum atomic E-state index is -0.327. The standard InChI is InChI=1S/C18H18N6O2S2/c1-2-9-19-17(26)21-13-7-5-12(6-8-13)20-15(25)11-24-16(22-23-18(24)27)14-4-3-10-28-14/h2-8,10H,1,9,11H2,(H,20,25)(H,23,27)(H2,19,21,26). The first-order valence-electron chi connectivity index (χ1n) is 8.31. The van der Waals surface area contributed by atoms with E-state index in [1.165, 1.54) is 11.3 Å². The highest BCUT2D eigenvalue weighted by atomic mass is 32.1. The normalized spacial score (nSPS) is 10.3. The molecular weight excluding hydrogens is 396 g/mol. The number of carbonyl (C=O) groups is 2. The molecule has 10 heteroatoms. The summed E-state index contributed by atoms with van der Waals surface area (Å²) in [6.45, 7) is 3.95. The Labute approximate surface area is 170 Å². The van der Waals surface area contributed by atoms with Crippen molar-refractivity contribution in [2.75, 3.05) is 17.2 Å². The van der Waals surface area contributed by atoms with Gasteiger partial charge < -0.3 is 16.0 Å². The van der Waals surface area contributed by atoms with Crippen molar-refractivity contribution in [3.63, 3.8) is 0 Å². The molecule has 0 saturated carbocycles. The Balaban J connectivity index is 1.61. The molecule has 0 bridgehead atoms. The third-order valence-corrected chi connectivity index (χ3v) is 4.81. The molecule has 0 spiro atoms. The second-order valence-corrected chi connectivity index (χ2v) is 7.00. The predicted molar refractivity (Wildman–Crippen MR) is 113 cm³/mol. The Kier molecular flexibility index (Phi) is 6.35. The quantitative estimate of drug-likeness (QED) is 0.350. The molecule has 1 aromatic carbocycles. The third kappa shape index (κ3) is 4.93. The van der Waals surface area contributed by atoms with Crippen molar-refractivity contribution in [1.29, 1.82) is 0 Å².